The van der Waals surface area contributed by atoms with Crippen LogP contribution in [-0.2, 0) is 32.7 Å². The minimum atomic E-state index is -4.64. The van der Waals surface area contributed by atoms with E-state index in [2.05, 4.69) is 74.6 Å². The molecule has 2 atom stereocenters. The van der Waals surface area contributed by atoms with Gasteiger partial charge in [-0.1, -0.05) is 126 Å². The van der Waals surface area contributed by atoms with E-state index in [0.29, 0.717) is 23.9 Å². The summed E-state index contributed by atoms with van der Waals surface area (Å²) in [5.41, 5.74) is 0. The topological polar surface area (TPSA) is 111 Å². The van der Waals surface area contributed by atoms with Crippen LogP contribution < -0.4 is 4.89 Å². The number of carbonyl (C=O) groups is 2. The van der Waals surface area contributed by atoms with Crippen molar-refractivity contribution in [3.63, 3.8) is 0 Å². The molecule has 0 spiro atoms. The van der Waals surface area contributed by atoms with Crippen molar-refractivity contribution in [2.45, 2.75) is 161 Å². The van der Waals surface area contributed by atoms with Gasteiger partial charge in [-0.3, -0.25) is 14.2 Å². The quantitative estimate of drug-likeness (QED) is 0.0201. The molecule has 0 N–H and O–H groups in total. The van der Waals surface area contributed by atoms with Crippen LogP contribution in [0.3, 0.4) is 0 Å². The third-order valence-corrected chi connectivity index (χ3v) is 9.49. The number of carbonyl (C=O) groups excluding carboxylic acids is 2. The first-order chi connectivity index (χ1) is 26.0. The lowest BCUT2D eigenvalue weighted by atomic mass is 10.1. The number of allylic oxidation sites excluding steroid dienone is 10. The first-order valence-electron chi connectivity index (χ1n) is 21.0. The van der Waals surface area contributed by atoms with Crippen molar-refractivity contribution in [1.29, 1.82) is 0 Å². The Labute approximate surface area is 330 Å². The van der Waals surface area contributed by atoms with Crippen molar-refractivity contribution < 1.29 is 42.1 Å². The van der Waals surface area contributed by atoms with E-state index in [4.69, 9.17) is 18.5 Å². The SMILES string of the molecule is CC/C=C/C/C=C/C/C=C/C/C=C/CCCCC(=O)OC[C@H](COP(=O)([O-])OCC[N+](C)(C)C)OC(=O)CCCC/C=C/CCCCCCCCCCC. The van der Waals surface area contributed by atoms with Crippen LogP contribution in [-0.4, -0.2) is 70.0 Å². The number of rotatable bonds is 37. The average molecular weight is 780 g/mol. The lowest BCUT2D eigenvalue weighted by Gasteiger charge is -2.28. The van der Waals surface area contributed by atoms with E-state index in [1.165, 1.54) is 57.8 Å². The number of hydrogen-bond donors (Lipinski definition) is 0. The minimum Gasteiger partial charge on any atom is -0.756 e. The van der Waals surface area contributed by atoms with Gasteiger partial charge in [0.15, 0.2) is 6.10 Å². The minimum absolute atomic E-state index is 0.0434. The van der Waals surface area contributed by atoms with E-state index in [9.17, 15) is 19.0 Å². The van der Waals surface area contributed by atoms with Crippen molar-refractivity contribution >= 4 is 19.8 Å². The number of phosphoric acid groups is 1. The molecule has 0 aromatic carbocycles. The van der Waals surface area contributed by atoms with Gasteiger partial charge in [0.25, 0.3) is 7.82 Å². The molecule has 0 aromatic heterocycles. The third-order valence-electron chi connectivity index (χ3n) is 8.52. The molecule has 1 unspecified atom stereocenters. The van der Waals surface area contributed by atoms with Crippen LogP contribution in [0.2, 0.25) is 0 Å². The van der Waals surface area contributed by atoms with Gasteiger partial charge in [0.05, 0.1) is 27.7 Å². The number of ether oxygens (including phenoxy) is 2. The number of quaternary nitrogens is 1. The van der Waals surface area contributed by atoms with Crippen LogP contribution in [0.15, 0.2) is 60.8 Å². The first kappa shape index (κ1) is 51.7. The summed E-state index contributed by atoms with van der Waals surface area (Å²) in [5, 5.41) is 0. The van der Waals surface area contributed by atoms with E-state index in [0.717, 1.165) is 57.8 Å². The normalized spacial score (nSPS) is 14.3. The molecule has 0 aliphatic heterocycles. The van der Waals surface area contributed by atoms with Gasteiger partial charge < -0.3 is 27.9 Å². The van der Waals surface area contributed by atoms with Gasteiger partial charge in [-0.15, -0.1) is 0 Å². The van der Waals surface area contributed by atoms with Gasteiger partial charge >= 0.3 is 11.9 Å². The lowest BCUT2D eigenvalue weighted by Crippen LogP contribution is -2.37. The van der Waals surface area contributed by atoms with Crippen LogP contribution in [0.1, 0.15) is 155 Å². The van der Waals surface area contributed by atoms with Crippen LogP contribution in [0.5, 0.6) is 0 Å². The molecule has 0 heterocycles. The molecule has 9 nitrogen and oxygen atoms in total. The smallest absolute Gasteiger partial charge is 0.306 e. The highest BCUT2D eigenvalue weighted by Gasteiger charge is 2.21. The number of esters is 2. The molecule has 0 bridgehead atoms. The summed E-state index contributed by atoms with van der Waals surface area (Å²) in [7, 11) is 1.12. The summed E-state index contributed by atoms with van der Waals surface area (Å²) >= 11 is 0. The zero-order valence-electron chi connectivity index (χ0n) is 34.9. The molecule has 0 fully saturated rings. The summed E-state index contributed by atoms with van der Waals surface area (Å²) in [5.74, 6) is -0.914. The second kappa shape index (κ2) is 36.4. The summed E-state index contributed by atoms with van der Waals surface area (Å²) in [6.07, 6.45) is 42.6. The van der Waals surface area contributed by atoms with Gasteiger partial charge in [-0.2, -0.15) is 0 Å². The van der Waals surface area contributed by atoms with Gasteiger partial charge in [-0.25, -0.2) is 0 Å². The molecule has 0 aliphatic rings. The summed E-state index contributed by atoms with van der Waals surface area (Å²) in [6.45, 7) is 4.02. The van der Waals surface area contributed by atoms with Gasteiger partial charge in [-0.05, 0) is 77.0 Å². The molecule has 0 aliphatic carbocycles. The Balaban J connectivity index is 4.50. The highest BCUT2D eigenvalue weighted by Crippen LogP contribution is 2.38. The summed E-state index contributed by atoms with van der Waals surface area (Å²) < 4.78 is 33.8. The van der Waals surface area contributed by atoms with E-state index in [-0.39, 0.29) is 26.1 Å². The largest absolute Gasteiger partial charge is 0.756 e. The third kappa shape index (κ3) is 39.4. The number of unbranched alkanes of at least 4 members (excludes halogenated alkanes) is 13. The van der Waals surface area contributed by atoms with E-state index in [1.807, 2.05) is 21.1 Å². The molecule has 0 aromatic rings. The van der Waals surface area contributed by atoms with Gasteiger partial charge in [0, 0.05) is 12.8 Å². The zero-order valence-corrected chi connectivity index (χ0v) is 35.8. The molecule has 54 heavy (non-hydrogen) atoms. The fourth-order valence-corrected chi connectivity index (χ4v) is 5.96. The Hall–Kier alpha value is -2.29. The Morgan fingerprint density at radius 3 is 1.59 bits per heavy atom. The van der Waals surface area contributed by atoms with Crippen molar-refractivity contribution in [2.24, 2.45) is 0 Å². The second-order valence-electron chi connectivity index (χ2n) is 15.0. The van der Waals surface area contributed by atoms with Gasteiger partial charge in [0.1, 0.15) is 19.8 Å². The molecule has 0 saturated heterocycles. The van der Waals surface area contributed by atoms with Crippen molar-refractivity contribution in [1.82, 2.24) is 0 Å². The van der Waals surface area contributed by atoms with E-state index < -0.39 is 32.5 Å². The maximum absolute atomic E-state index is 12.6. The maximum Gasteiger partial charge on any atom is 0.306 e. The van der Waals surface area contributed by atoms with Crippen molar-refractivity contribution in [2.75, 3.05) is 47.5 Å². The number of nitrogens with zero attached hydrogens (tertiary/aromatic N) is 1. The predicted octanol–water partition coefficient (Wildman–Crippen LogP) is 11.1. The Morgan fingerprint density at radius 1 is 0.593 bits per heavy atom. The number of phosphoric ester groups is 1. The molecule has 312 valence electrons. The zero-order chi connectivity index (χ0) is 40.0. The van der Waals surface area contributed by atoms with Crippen LogP contribution in [0, 0.1) is 0 Å². The highest BCUT2D eigenvalue weighted by atomic mass is 31.2. The van der Waals surface area contributed by atoms with Crippen molar-refractivity contribution in [3.05, 3.63) is 60.8 Å². The van der Waals surface area contributed by atoms with Crippen LogP contribution >= 0.6 is 7.82 Å². The maximum atomic E-state index is 12.6. The molecule has 0 amide bonds. The molecule has 0 rings (SSSR count). The van der Waals surface area contributed by atoms with E-state index >= 15 is 0 Å². The highest BCUT2D eigenvalue weighted by molar-refractivity contribution is 7.45. The standard InChI is InChI=1S/C44H78NO8P/c1-6-8-10-12-14-16-18-20-22-24-26-28-30-32-34-36-43(46)50-40-42(41-52-54(48,49)51-39-38-45(3,4)5)53-44(47)37-35-33-31-29-27-25-23-21-19-17-15-13-11-9-7-2/h8,10,14,16,20,22,26-29,42H,6-7,9,11-13,15,17-19,21,23-25,30-41H2,1-5H3/b10-8+,16-14+,22-20+,28-26+,29-27+/t42-/m1/s1. The Bertz CT molecular complexity index is 1110. The number of likely N-dealkylation sites (N-methyl/N-ethyl adjacent to an activating group) is 1. The number of hydrogen-bond acceptors (Lipinski definition) is 8. The molecule has 0 saturated carbocycles. The predicted molar refractivity (Wildman–Crippen MR) is 222 cm³/mol. The fraction of sp³-hybridized carbons (Fsp3) is 0.727. The first-order valence-corrected chi connectivity index (χ1v) is 22.5. The monoisotopic (exact) mass is 780 g/mol. The summed E-state index contributed by atoms with van der Waals surface area (Å²) in [4.78, 5) is 37.4. The summed E-state index contributed by atoms with van der Waals surface area (Å²) in [6, 6.07) is 0. The lowest BCUT2D eigenvalue weighted by molar-refractivity contribution is -0.870. The van der Waals surface area contributed by atoms with Crippen molar-refractivity contribution in [3.8, 4) is 0 Å². The van der Waals surface area contributed by atoms with Crippen LogP contribution in [0.25, 0.3) is 0 Å². The Kier molecular flexibility index (Phi) is 34.8. The van der Waals surface area contributed by atoms with Gasteiger partial charge in [0.2, 0.25) is 0 Å². The molecule has 0 radical (unpaired) electrons. The van der Waals surface area contributed by atoms with Crippen LogP contribution in [0.4, 0.5) is 0 Å². The van der Waals surface area contributed by atoms with E-state index in [1.54, 1.807) is 0 Å². The average Bonchev–Trinajstić information content (AvgIpc) is 3.12. The molecular formula is C44H78NO8P. The molecular weight excluding hydrogens is 701 g/mol. The fourth-order valence-electron chi connectivity index (χ4n) is 5.23. The second-order valence-corrected chi connectivity index (χ2v) is 16.4. The Morgan fingerprint density at radius 2 is 1.06 bits per heavy atom. The molecule has 10 heteroatoms.